The number of nitrogens with zero attached hydrogens (tertiary/aromatic N) is 4. The maximum Gasteiger partial charge on any atom is 0.256 e. The second-order valence-corrected chi connectivity index (χ2v) is 7.18. The lowest BCUT2D eigenvalue weighted by Gasteiger charge is -2.34. The van der Waals surface area contributed by atoms with Crippen molar-refractivity contribution in [2.45, 2.75) is 6.54 Å². The van der Waals surface area contributed by atoms with Gasteiger partial charge in [0.25, 0.3) is 5.91 Å². The largest absolute Gasteiger partial charge is 0.336 e. The van der Waals surface area contributed by atoms with Crippen LogP contribution in [0.25, 0.3) is 0 Å². The van der Waals surface area contributed by atoms with Gasteiger partial charge in [-0.3, -0.25) is 14.8 Å². The summed E-state index contributed by atoms with van der Waals surface area (Å²) in [6.45, 7) is 3.09. The van der Waals surface area contributed by atoms with Gasteiger partial charge < -0.3 is 10.2 Å². The average Bonchev–Trinajstić information content (AvgIpc) is 3.23. The quantitative estimate of drug-likeness (QED) is 0.619. The molecule has 7 nitrogen and oxygen atoms in total. The molecule has 2 aromatic heterocycles. The number of hydrogen-bond donors (Lipinski definition) is 2. The summed E-state index contributed by atoms with van der Waals surface area (Å²) in [5.41, 5.74) is 0.941. The van der Waals surface area contributed by atoms with Crippen LogP contribution in [-0.4, -0.2) is 57.1 Å². The number of nitrogens with one attached hydrogen (secondary N) is 2. The predicted octanol–water partition coefficient (Wildman–Crippen LogP) is 3.72. The zero-order valence-electron chi connectivity index (χ0n) is 16.0. The van der Waals surface area contributed by atoms with E-state index < -0.39 is 5.82 Å². The topological polar surface area (TPSA) is 77.2 Å². The number of aromatic nitrogens is 3. The fourth-order valence-electron chi connectivity index (χ4n) is 3.28. The van der Waals surface area contributed by atoms with Crippen molar-refractivity contribution < 1.29 is 9.18 Å². The number of amides is 1. The predicted molar refractivity (Wildman–Crippen MR) is 116 cm³/mol. The summed E-state index contributed by atoms with van der Waals surface area (Å²) < 4.78 is 14.1. The van der Waals surface area contributed by atoms with E-state index in [9.17, 15) is 9.18 Å². The molecule has 3 heterocycles. The Kier molecular flexibility index (Phi) is 7.25. The summed E-state index contributed by atoms with van der Waals surface area (Å²) >= 11 is 5.80. The van der Waals surface area contributed by atoms with Crippen LogP contribution in [0.4, 0.5) is 16.0 Å². The number of aromatic amines is 1. The standard InChI is InChI=1S/C20H20ClFN6O.ClH/c21-16-5-2-4-15(19(16)22)20(29)28-11-9-27(10-12-28)13-14-3-1-6-17(24-14)25-18-7-8-23-26-18;/h1-8H,9-13H2,(H2,23,24,25,26);1H. The minimum Gasteiger partial charge on any atom is -0.336 e. The molecule has 1 aliphatic rings. The highest BCUT2D eigenvalue weighted by Gasteiger charge is 2.25. The minimum absolute atomic E-state index is 0. The lowest BCUT2D eigenvalue weighted by atomic mass is 10.1. The van der Waals surface area contributed by atoms with E-state index in [0.717, 1.165) is 11.5 Å². The normalized spacial score (nSPS) is 14.3. The molecule has 0 spiro atoms. The second-order valence-electron chi connectivity index (χ2n) is 6.77. The molecule has 1 saturated heterocycles. The van der Waals surface area contributed by atoms with Crippen LogP contribution >= 0.6 is 24.0 Å². The molecule has 1 amide bonds. The summed E-state index contributed by atoms with van der Waals surface area (Å²) in [7, 11) is 0. The van der Waals surface area contributed by atoms with Crippen molar-refractivity contribution >= 4 is 41.6 Å². The third-order valence-corrected chi connectivity index (χ3v) is 5.08. The number of carbonyl (C=O) groups excluding carboxylic acids is 1. The van der Waals surface area contributed by atoms with Crippen LogP contribution in [0, 0.1) is 5.82 Å². The van der Waals surface area contributed by atoms with Gasteiger partial charge in [-0.15, -0.1) is 12.4 Å². The molecule has 1 fully saturated rings. The van der Waals surface area contributed by atoms with E-state index in [4.69, 9.17) is 11.6 Å². The maximum absolute atomic E-state index is 14.1. The Morgan fingerprint density at radius 3 is 2.60 bits per heavy atom. The van der Waals surface area contributed by atoms with Crippen LogP contribution in [0.1, 0.15) is 16.1 Å². The van der Waals surface area contributed by atoms with Gasteiger partial charge in [0.15, 0.2) is 11.6 Å². The number of carbonyl (C=O) groups is 1. The summed E-state index contributed by atoms with van der Waals surface area (Å²) in [4.78, 5) is 21.1. The van der Waals surface area contributed by atoms with E-state index in [1.165, 1.54) is 12.1 Å². The Morgan fingerprint density at radius 1 is 1.10 bits per heavy atom. The summed E-state index contributed by atoms with van der Waals surface area (Å²) in [6, 6.07) is 12.1. The number of H-pyrrole nitrogens is 1. The van der Waals surface area contributed by atoms with Gasteiger partial charge in [-0.25, -0.2) is 9.37 Å². The molecule has 0 unspecified atom stereocenters. The van der Waals surface area contributed by atoms with Crippen molar-refractivity contribution in [1.82, 2.24) is 25.0 Å². The van der Waals surface area contributed by atoms with E-state index in [1.807, 2.05) is 24.3 Å². The van der Waals surface area contributed by atoms with E-state index in [2.05, 4.69) is 25.4 Å². The Balaban J connectivity index is 0.00000256. The Labute approximate surface area is 184 Å². The lowest BCUT2D eigenvalue weighted by Crippen LogP contribution is -2.48. The first kappa shape index (κ1) is 22.0. The minimum atomic E-state index is -0.660. The van der Waals surface area contributed by atoms with Crippen molar-refractivity contribution in [2.24, 2.45) is 0 Å². The van der Waals surface area contributed by atoms with Crippen LogP contribution in [-0.2, 0) is 6.54 Å². The van der Waals surface area contributed by atoms with Crippen LogP contribution in [0.3, 0.4) is 0 Å². The number of rotatable bonds is 5. The Hall–Kier alpha value is -2.68. The third-order valence-electron chi connectivity index (χ3n) is 4.79. The summed E-state index contributed by atoms with van der Waals surface area (Å²) in [5, 5.41) is 9.91. The molecule has 0 saturated carbocycles. The van der Waals surface area contributed by atoms with Crippen molar-refractivity contribution in [3.63, 3.8) is 0 Å². The van der Waals surface area contributed by atoms with Crippen LogP contribution in [0.15, 0.2) is 48.7 Å². The Morgan fingerprint density at radius 2 is 1.87 bits per heavy atom. The van der Waals surface area contributed by atoms with Gasteiger partial charge in [0, 0.05) is 45.0 Å². The molecule has 0 atom stereocenters. The lowest BCUT2D eigenvalue weighted by molar-refractivity contribution is 0.0622. The Bertz CT molecular complexity index is 993. The first-order chi connectivity index (χ1) is 14.1. The number of anilines is 2. The number of benzene rings is 1. The molecular weight excluding hydrogens is 430 g/mol. The van der Waals surface area contributed by atoms with E-state index in [-0.39, 0.29) is 28.9 Å². The van der Waals surface area contributed by atoms with Crippen molar-refractivity contribution in [1.29, 1.82) is 0 Å². The average molecular weight is 451 g/mol. The fourth-order valence-corrected chi connectivity index (χ4v) is 3.45. The van der Waals surface area contributed by atoms with E-state index in [1.54, 1.807) is 17.2 Å². The number of piperazine rings is 1. The monoisotopic (exact) mass is 450 g/mol. The molecule has 30 heavy (non-hydrogen) atoms. The highest BCUT2D eigenvalue weighted by Crippen LogP contribution is 2.20. The molecule has 0 bridgehead atoms. The van der Waals surface area contributed by atoms with Gasteiger partial charge in [0.05, 0.1) is 16.3 Å². The molecule has 10 heteroatoms. The molecule has 1 aliphatic heterocycles. The molecule has 4 rings (SSSR count). The number of halogens is 3. The third kappa shape index (κ3) is 5.08. The first-order valence-electron chi connectivity index (χ1n) is 9.28. The molecule has 3 aromatic rings. The number of pyridine rings is 1. The van der Waals surface area contributed by atoms with Crippen molar-refractivity contribution in [3.8, 4) is 0 Å². The smallest absolute Gasteiger partial charge is 0.256 e. The van der Waals surface area contributed by atoms with Crippen LogP contribution in [0.5, 0.6) is 0 Å². The highest BCUT2D eigenvalue weighted by atomic mass is 35.5. The summed E-state index contributed by atoms with van der Waals surface area (Å²) in [5.74, 6) is 0.440. The maximum atomic E-state index is 14.1. The van der Waals surface area contributed by atoms with Gasteiger partial charge in [0.1, 0.15) is 5.82 Å². The molecular formula is C20H21Cl2FN6O. The number of hydrogen-bond acceptors (Lipinski definition) is 5. The molecule has 0 aliphatic carbocycles. The van der Waals surface area contributed by atoms with Crippen molar-refractivity contribution in [3.05, 3.63) is 70.8 Å². The van der Waals surface area contributed by atoms with Crippen LogP contribution < -0.4 is 5.32 Å². The zero-order chi connectivity index (χ0) is 20.2. The van der Waals surface area contributed by atoms with E-state index >= 15 is 0 Å². The first-order valence-corrected chi connectivity index (χ1v) is 9.66. The van der Waals surface area contributed by atoms with Crippen LogP contribution in [0.2, 0.25) is 5.02 Å². The van der Waals surface area contributed by atoms with Gasteiger partial charge in [-0.2, -0.15) is 5.10 Å². The molecule has 2 N–H and O–H groups in total. The molecule has 158 valence electrons. The van der Waals surface area contributed by atoms with E-state index in [0.29, 0.717) is 38.5 Å². The van der Waals surface area contributed by atoms with Gasteiger partial charge in [-0.1, -0.05) is 23.7 Å². The summed E-state index contributed by atoms with van der Waals surface area (Å²) in [6.07, 6.45) is 1.74. The SMILES string of the molecule is Cl.O=C(c1cccc(Cl)c1F)N1CCN(Cc2cccc(Nc3cc[nH]n3)n2)CC1. The van der Waals surface area contributed by atoms with Crippen molar-refractivity contribution in [2.75, 3.05) is 31.5 Å². The van der Waals surface area contributed by atoms with Gasteiger partial charge in [-0.05, 0) is 24.3 Å². The second kappa shape index (κ2) is 9.88. The molecule has 1 aromatic carbocycles. The zero-order valence-corrected chi connectivity index (χ0v) is 17.6. The van der Waals surface area contributed by atoms with Gasteiger partial charge in [0.2, 0.25) is 0 Å². The van der Waals surface area contributed by atoms with Gasteiger partial charge >= 0.3 is 0 Å². The highest BCUT2D eigenvalue weighted by molar-refractivity contribution is 6.31. The molecule has 0 radical (unpaired) electrons. The fraction of sp³-hybridized carbons (Fsp3) is 0.250.